The lowest BCUT2D eigenvalue weighted by Gasteiger charge is -2.12. The van der Waals surface area contributed by atoms with Crippen molar-refractivity contribution in [3.8, 4) is 0 Å². The summed E-state index contributed by atoms with van der Waals surface area (Å²) in [4.78, 5) is 12.4. The van der Waals surface area contributed by atoms with E-state index in [1.54, 1.807) is 19.1 Å². The highest BCUT2D eigenvalue weighted by molar-refractivity contribution is 7.89. The third-order valence-corrected chi connectivity index (χ3v) is 5.92. The topological polar surface area (TPSA) is 75.3 Å². The lowest BCUT2D eigenvalue weighted by atomic mass is 10.2. The molecule has 0 aliphatic rings. The molecule has 1 atom stereocenters. The number of hydrogen-bond acceptors (Lipinski definition) is 3. The van der Waals surface area contributed by atoms with Gasteiger partial charge in [0.05, 0.1) is 14.9 Å². The number of anilines is 1. The van der Waals surface area contributed by atoms with Crippen LogP contribution in [0.4, 0.5) is 5.69 Å². The monoisotopic (exact) mass is 400 g/mol. The maximum absolute atomic E-state index is 12.2. The summed E-state index contributed by atoms with van der Waals surface area (Å²) in [6.07, 6.45) is 0.684. The average molecular weight is 401 g/mol. The second kappa shape index (κ2) is 8.19. The Morgan fingerprint density at radius 2 is 1.72 bits per heavy atom. The number of nitrogens with one attached hydrogen (secondary N) is 2. The van der Waals surface area contributed by atoms with E-state index in [-0.39, 0.29) is 16.8 Å². The number of halogens is 2. The predicted molar refractivity (Wildman–Crippen MR) is 101 cm³/mol. The van der Waals surface area contributed by atoms with Gasteiger partial charge in [-0.25, -0.2) is 13.1 Å². The van der Waals surface area contributed by atoms with E-state index < -0.39 is 10.0 Å². The van der Waals surface area contributed by atoms with Gasteiger partial charge in [-0.05, 0) is 55.8 Å². The van der Waals surface area contributed by atoms with Crippen molar-refractivity contribution in [3.05, 3.63) is 58.1 Å². The Morgan fingerprint density at radius 1 is 1.08 bits per heavy atom. The van der Waals surface area contributed by atoms with Crippen LogP contribution in [0.5, 0.6) is 0 Å². The van der Waals surface area contributed by atoms with Crippen LogP contribution in [0, 0.1) is 0 Å². The zero-order valence-corrected chi connectivity index (χ0v) is 16.0. The highest BCUT2D eigenvalue weighted by atomic mass is 35.5. The molecule has 1 amide bonds. The molecule has 25 heavy (non-hydrogen) atoms. The van der Waals surface area contributed by atoms with Crippen LogP contribution in [0.3, 0.4) is 0 Å². The largest absolute Gasteiger partial charge is 0.322 e. The Kier molecular flexibility index (Phi) is 6.46. The summed E-state index contributed by atoms with van der Waals surface area (Å²) in [5.74, 6) is -0.378. The second-order valence-electron chi connectivity index (χ2n) is 5.54. The number of hydrogen-bond donors (Lipinski definition) is 2. The molecular formula is C17H18Cl2N2O3S. The van der Waals surface area contributed by atoms with E-state index in [0.29, 0.717) is 27.7 Å². The van der Waals surface area contributed by atoms with Crippen LogP contribution in [0.2, 0.25) is 10.0 Å². The minimum Gasteiger partial charge on any atom is -0.322 e. The fourth-order valence-electron chi connectivity index (χ4n) is 1.98. The van der Waals surface area contributed by atoms with E-state index in [4.69, 9.17) is 23.2 Å². The molecule has 0 saturated carbocycles. The molecule has 0 bridgehead atoms. The van der Waals surface area contributed by atoms with Gasteiger partial charge in [0.25, 0.3) is 5.91 Å². The molecule has 2 N–H and O–H groups in total. The van der Waals surface area contributed by atoms with Crippen LogP contribution < -0.4 is 10.0 Å². The third kappa shape index (κ3) is 5.19. The summed E-state index contributed by atoms with van der Waals surface area (Å²) < 4.78 is 27.0. The lowest BCUT2D eigenvalue weighted by molar-refractivity contribution is 0.102. The Bertz CT molecular complexity index is 868. The molecule has 2 aromatic rings. The third-order valence-electron chi connectivity index (χ3n) is 3.57. The van der Waals surface area contributed by atoms with Gasteiger partial charge >= 0.3 is 0 Å². The second-order valence-corrected chi connectivity index (χ2v) is 8.07. The number of sulfonamides is 1. The highest BCUT2D eigenvalue weighted by Gasteiger charge is 2.17. The Morgan fingerprint density at radius 3 is 2.28 bits per heavy atom. The van der Waals surface area contributed by atoms with Crippen LogP contribution >= 0.6 is 23.2 Å². The minimum atomic E-state index is -3.60. The van der Waals surface area contributed by atoms with Crippen molar-refractivity contribution in [1.29, 1.82) is 0 Å². The summed E-state index contributed by atoms with van der Waals surface area (Å²) in [6.45, 7) is 3.68. The summed E-state index contributed by atoms with van der Waals surface area (Å²) >= 11 is 11.7. The van der Waals surface area contributed by atoms with Crippen molar-refractivity contribution in [3.63, 3.8) is 0 Å². The molecule has 134 valence electrons. The molecule has 5 nitrogen and oxygen atoms in total. The standard InChI is InChI=1S/C17H18Cl2N2O3S/c1-3-11(2)21-25(23,24)14-7-4-12(5-8-14)17(22)20-13-6-9-15(18)16(19)10-13/h4-11,21H,3H2,1-2H3,(H,20,22). The van der Waals surface area contributed by atoms with Gasteiger partial charge in [0, 0.05) is 17.3 Å². The van der Waals surface area contributed by atoms with Crippen LogP contribution in [0.15, 0.2) is 47.4 Å². The molecule has 0 aromatic heterocycles. The molecule has 0 aliphatic heterocycles. The van der Waals surface area contributed by atoms with Crippen LogP contribution in [0.1, 0.15) is 30.6 Å². The Labute approximate surface area is 157 Å². The molecule has 0 spiro atoms. The van der Waals surface area contributed by atoms with Crippen molar-refractivity contribution in [2.45, 2.75) is 31.2 Å². The zero-order chi connectivity index (χ0) is 18.6. The van der Waals surface area contributed by atoms with Gasteiger partial charge in [-0.15, -0.1) is 0 Å². The quantitative estimate of drug-likeness (QED) is 0.757. The molecule has 0 fully saturated rings. The van der Waals surface area contributed by atoms with Gasteiger partial charge in [-0.2, -0.15) is 0 Å². The number of rotatable bonds is 6. The van der Waals surface area contributed by atoms with Crippen LogP contribution in [-0.4, -0.2) is 20.4 Å². The molecule has 1 unspecified atom stereocenters. The van der Waals surface area contributed by atoms with E-state index >= 15 is 0 Å². The first kappa shape index (κ1) is 19.7. The van der Waals surface area contributed by atoms with Crippen molar-refractivity contribution in [2.24, 2.45) is 0 Å². The van der Waals surface area contributed by atoms with E-state index in [2.05, 4.69) is 10.0 Å². The first-order valence-corrected chi connectivity index (χ1v) is 9.85. The summed E-state index contributed by atoms with van der Waals surface area (Å²) in [5.41, 5.74) is 0.822. The average Bonchev–Trinajstić information content (AvgIpc) is 2.57. The maximum atomic E-state index is 12.2. The van der Waals surface area contributed by atoms with Gasteiger partial charge in [0.2, 0.25) is 10.0 Å². The molecule has 2 aromatic carbocycles. The van der Waals surface area contributed by atoms with Crippen LogP contribution in [-0.2, 0) is 10.0 Å². The molecular weight excluding hydrogens is 383 g/mol. The highest BCUT2D eigenvalue weighted by Crippen LogP contribution is 2.25. The number of carbonyl (C=O) groups excluding carboxylic acids is 1. The maximum Gasteiger partial charge on any atom is 0.255 e. The number of amides is 1. The van der Waals surface area contributed by atoms with E-state index in [1.807, 2.05) is 6.92 Å². The first-order chi connectivity index (χ1) is 11.7. The molecule has 0 aliphatic carbocycles. The van der Waals surface area contributed by atoms with E-state index in [0.717, 1.165) is 0 Å². The fraction of sp³-hybridized carbons (Fsp3) is 0.235. The Balaban J connectivity index is 2.13. The Hall–Kier alpha value is -1.60. The zero-order valence-electron chi connectivity index (χ0n) is 13.7. The molecule has 0 heterocycles. The van der Waals surface area contributed by atoms with Gasteiger partial charge in [0.1, 0.15) is 0 Å². The van der Waals surface area contributed by atoms with Crippen molar-refractivity contribution in [2.75, 3.05) is 5.32 Å². The minimum absolute atomic E-state index is 0.110. The number of carbonyl (C=O) groups is 1. The summed E-state index contributed by atoms with van der Waals surface area (Å²) in [6, 6.07) is 10.3. The van der Waals surface area contributed by atoms with E-state index in [9.17, 15) is 13.2 Å². The molecule has 0 radical (unpaired) electrons. The SMILES string of the molecule is CCC(C)NS(=O)(=O)c1ccc(C(=O)Nc2ccc(Cl)c(Cl)c2)cc1. The van der Waals surface area contributed by atoms with Crippen molar-refractivity contribution >= 4 is 44.8 Å². The van der Waals surface area contributed by atoms with E-state index in [1.165, 1.54) is 30.3 Å². The first-order valence-electron chi connectivity index (χ1n) is 7.61. The molecule has 8 heteroatoms. The number of benzene rings is 2. The van der Waals surface area contributed by atoms with Crippen molar-refractivity contribution in [1.82, 2.24) is 4.72 Å². The van der Waals surface area contributed by atoms with Gasteiger partial charge in [-0.1, -0.05) is 30.1 Å². The predicted octanol–water partition coefficient (Wildman–Crippen LogP) is 4.32. The fourth-order valence-corrected chi connectivity index (χ4v) is 3.60. The summed E-state index contributed by atoms with van der Waals surface area (Å²) in [5, 5.41) is 3.40. The van der Waals surface area contributed by atoms with Gasteiger partial charge < -0.3 is 5.32 Å². The van der Waals surface area contributed by atoms with Gasteiger partial charge in [0.15, 0.2) is 0 Å². The van der Waals surface area contributed by atoms with Crippen molar-refractivity contribution < 1.29 is 13.2 Å². The molecule has 2 rings (SSSR count). The molecule has 0 saturated heterocycles. The normalized spacial score (nSPS) is 12.6. The smallest absolute Gasteiger partial charge is 0.255 e. The van der Waals surface area contributed by atoms with Gasteiger partial charge in [-0.3, -0.25) is 4.79 Å². The summed E-state index contributed by atoms with van der Waals surface area (Å²) in [7, 11) is -3.60. The lowest BCUT2D eigenvalue weighted by Crippen LogP contribution is -2.32. The van der Waals surface area contributed by atoms with Crippen LogP contribution in [0.25, 0.3) is 0 Å².